The van der Waals surface area contributed by atoms with Gasteiger partial charge in [-0.05, 0) is 49.6 Å². The number of nitrogens with one attached hydrogen (secondary N) is 1. The molecule has 1 fully saturated rings. The van der Waals surface area contributed by atoms with Crippen LogP contribution in [0.5, 0.6) is 0 Å². The Hall–Kier alpha value is -2.51. The first-order chi connectivity index (χ1) is 12.5. The number of carbonyl (C=O) groups excluding carboxylic acids is 1. The summed E-state index contributed by atoms with van der Waals surface area (Å²) in [5.74, 6) is -0.390. The lowest BCUT2D eigenvalue weighted by atomic mass is 10.2. The van der Waals surface area contributed by atoms with E-state index >= 15 is 0 Å². The third-order valence-electron chi connectivity index (χ3n) is 4.28. The van der Waals surface area contributed by atoms with E-state index < -0.39 is 15.9 Å². The van der Waals surface area contributed by atoms with Crippen LogP contribution in [0.4, 0.5) is 0 Å². The molecule has 0 atom stereocenters. The molecule has 0 saturated carbocycles. The lowest BCUT2D eigenvalue weighted by Crippen LogP contribution is -2.28. The normalized spacial score (nSPS) is 15.4. The number of carbonyl (C=O) groups is 1. The van der Waals surface area contributed by atoms with Gasteiger partial charge in [0.15, 0.2) is 0 Å². The molecule has 136 valence electrons. The van der Waals surface area contributed by atoms with Crippen LogP contribution in [0, 0.1) is 6.92 Å². The van der Waals surface area contributed by atoms with Crippen molar-refractivity contribution in [1.82, 2.24) is 9.73 Å². The summed E-state index contributed by atoms with van der Waals surface area (Å²) in [6, 6.07) is 13.7. The van der Waals surface area contributed by atoms with Crippen molar-refractivity contribution < 1.29 is 13.2 Å². The molecule has 1 aliphatic rings. The quantitative estimate of drug-likeness (QED) is 0.648. The van der Waals surface area contributed by atoms with Crippen molar-refractivity contribution in [3.8, 4) is 0 Å². The zero-order chi connectivity index (χ0) is 18.6. The van der Waals surface area contributed by atoms with E-state index in [-0.39, 0.29) is 4.90 Å². The predicted octanol–water partition coefficient (Wildman–Crippen LogP) is 2.54. The van der Waals surface area contributed by atoms with E-state index in [1.54, 1.807) is 6.21 Å². The number of sulfonamides is 1. The Balaban J connectivity index is 1.64. The number of hydrogen-bond acceptors (Lipinski definition) is 4. The van der Waals surface area contributed by atoms with Crippen molar-refractivity contribution in [2.75, 3.05) is 13.1 Å². The highest BCUT2D eigenvalue weighted by molar-refractivity contribution is 7.89. The van der Waals surface area contributed by atoms with Crippen molar-refractivity contribution in [2.24, 2.45) is 5.10 Å². The molecule has 1 amide bonds. The van der Waals surface area contributed by atoms with Crippen molar-refractivity contribution in [1.29, 1.82) is 0 Å². The maximum Gasteiger partial charge on any atom is 0.271 e. The third kappa shape index (κ3) is 4.17. The molecule has 6 nitrogen and oxygen atoms in total. The van der Waals surface area contributed by atoms with E-state index in [0.717, 1.165) is 24.0 Å². The monoisotopic (exact) mass is 371 g/mol. The molecule has 0 spiro atoms. The molecule has 7 heteroatoms. The molecular weight excluding hydrogens is 350 g/mol. The van der Waals surface area contributed by atoms with Crippen LogP contribution in [0.2, 0.25) is 0 Å². The Morgan fingerprint density at radius 1 is 1.04 bits per heavy atom. The molecule has 2 aromatic carbocycles. The van der Waals surface area contributed by atoms with E-state index in [1.807, 2.05) is 31.2 Å². The van der Waals surface area contributed by atoms with Gasteiger partial charge >= 0.3 is 0 Å². The second kappa shape index (κ2) is 7.80. The largest absolute Gasteiger partial charge is 0.271 e. The number of hydrogen-bond donors (Lipinski definition) is 1. The van der Waals surface area contributed by atoms with Gasteiger partial charge in [-0.3, -0.25) is 4.79 Å². The summed E-state index contributed by atoms with van der Waals surface area (Å²) in [5, 5.41) is 3.93. The van der Waals surface area contributed by atoms with Gasteiger partial charge < -0.3 is 0 Å². The highest BCUT2D eigenvalue weighted by Crippen LogP contribution is 2.21. The molecule has 2 aromatic rings. The number of benzene rings is 2. The summed E-state index contributed by atoms with van der Waals surface area (Å²) in [6.07, 6.45) is 3.33. The molecule has 1 N–H and O–H groups in total. The zero-order valence-electron chi connectivity index (χ0n) is 14.6. The second-order valence-corrected chi connectivity index (χ2v) is 8.18. The molecule has 0 bridgehead atoms. The van der Waals surface area contributed by atoms with Crippen LogP contribution in [-0.2, 0) is 10.0 Å². The molecule has 0 unspecified atom stereocenters. The first-order valence-corrected chi connectivity index (χ1v) is 9.91. The highest BCUT2D eigenvalue weighted by Gasteiger charge is 2.27. The smallest absolute Gasteiger partial charge is 0.267 e. The van der Waals surface area contributed by atoms with Gasteiger partial charge in [-0.15, -0.1) is 0 Å². The Kier molecular flexibility index (Phi) is 5.49. The molecule has 3 rings (SSSR count). The van der Waals surface area contributed by atoms with E-state index in [9.17, 15) is 13.2 Å². The molecule has 1 saturated heterocycles. The van der Waals surface area contributed by atoms with Crippen LogP contribution in [0.1, 0.15) is 34.3 Å². The molecular formula is C19H21N3O3S. The predicted molar refractivity (Wildman–Crippen MR) is 101 cm³/mol. The Morgan fingerprint density at radius 3 is 2.27 bits per heavy atom. The SMILES string of the molecule is Cc1ccc(/C=N\NC(=O)c2ccc(S(=O)(=O)N3CCCC3)cc2)cc1. The lowest BCUT2D eigenvalue weighted by molar-refractivity contribution is 0.0955. The van der Waals surface area contributed by atoms with Gasteiger partial charge in [-0.25, -0.2) is 13.8 Å². The summed E-state index contributed by atoms with van der Waals surface area (Å²) in [4.78, 5) is 12.3. The minimum Gasteiger partial charge on any atom is -0.267 e. The Bertz CT molecular complexity index is 898. The summed E-state index contributed by atoms with van der Waals surface area (Å²) < 4.78 is 26.4. The van der Waals surface area contributed by atoms with Crippen LogP contribution >= 0.6 is 0 Å². The fourth-order valence-corrected chi connectivity index (χ4v) is 4.26. The number of aryl methyl sites for hydroxylation is 1. The van der Waals surface area contributed by atoms with Gasteiger partial charge in [0.05, 0.1) is 11.1 Å². The van der Waals surface area contributed by atoms with E-state index in [1.165, 1.54) is 28.6 Å². The van der Waals surface area contributed by atoms with Gasteiger partial charge in [0, 0.05) is 18.7 Å². The van der Waals surface area contributed by atoms with E-state index in [4.69, 9.17) is 0 Å². The summed E-state index contributed by atoms with van der Waals surface area (Å²) in [6.45, 7) is 3.10. The number of hydrazone groups is 1. The molecule has 0 aromatic heterocycles. The van der Waals surface area contributed by atoms with Crippen molar-refractivity contribution >= 4 is 22.1 Å². The van der Waals surface area contributed by atoms with Gasteiger partial charge in [0.1, 0.15) is 0 Å². The topological polar surface area (TPSA) is 78.8 Å². The van der Waals surface area contributed by atoms with Crippen LogP contribution in [-0.4, -0.2) is 37.9 Å². The summed E-state index contributed by atoms with van der Waals surface area (Å²) in [5.41, 5.74) is 4.83. The zero-order valence-corrected chi connectivity index (χ0v) is 15.4. The fraction of sp³-hybridized carbons (Fsp3) is 0.263. The summed E-state index contributed by atoms with van der Waals surface area (Å²) in [7, 11) is -3.47. The number of rotatable bonds is 5. The minimum absolute atomic E-state index is 0.208. The van der Waals surface area contributed by atoms with Crippen molar-refractivity contribution in [3.05, 3.63) is 65.2 Å². The maximum atomic E-state index is 12.5. The average Bonchev–Trinajstić information content (AvgIpc) is 3.19. The lowest BCUT2D eigenvalue weighted by Gasteiger charge is -2.15. The number of nitrogens with zero attached hydrogens (tertiary/aromatic N) is 2. The van der Waals surface area contributed by atoms with E-state index in [0.29, 0.717) is 18.7 Å². The Morgan fingerprint density at radius 2 is 1.65 bits per heavy atom. The molecule has 1 heterocycles. The maximum absolute atomic E-state index is 12.5. The molecule has 0 radical (unpaired) electrons. The Labute approximate surface area is 153 Å². The van der Waals surface area contributed by atoms with Crippen LogP contribution in [0.15, 0.2) is 58.5 Å². The van der Waals surface area contributed by atoms with Crippen LogP contribution in [0.25, 0.3) is 0 Å². The van der Waals surface area contributed by atoms with Gasteiger partial charge in [0.25, 0.3) is 5.91 Å². The first-order valence-electron chi connectivity index (χ1n) is 8.47. The highest BCUT2D eigenvalue weighted by atomic mass is 32.2. The minimum atomic E-state index is -3.47. The molecule has 26 heavy (non-hydrogen) atoms. The van der Waals surface area contributed by atoms with Crippen LogP contribution < -0.4 is 5.43 Å². The van der Waals surface area contributed by atoms with Crippen LogP contribution in [0.3, 0.4) is 0 Å². The standard InChI is InChI=1S/C19H21N3O3S/c1-15-4-6-16(7-5-15)14-20-21-19(23)17-8-10-18(11-9-17)26(24,25)22-12-2-3-13-22/h4-11,14H,2-3,12-13H2,1H3,(H,21,23)/b20-14-. The fourth-order valence-electron chi connectivity index (χ4n) is 2.74. The number of amides is 1. The average molecular weight is 371 g/mol. The van der Waals surface area contributed by atoms with E-state index in [2.05, 4.69) is 10.5 Å². The first kappa shape index (κ1) is 18.3. The summed E-state index contributed by atoms with van der Waals surface area (Å²) >= 11 is 0. The molecule has 0 aliphatic carbocycles. The van der Waals surface area contributed by atoms with Crippen molar-refractivity contribution in [2.45, 2.75) is 24.7 Å². The van der Waals surface area contributed by atoms with Gasteiger partial charge in [0.2, 0.25) is 10.0 Å². The second-order valence-electron chi connectivity index (χ2n) is 6.25. The van der Waals surface area contributed by atoms with Crippen molar-refractivity contribution in [3.63, 3.8) is 0 Å². The third-order valence-corrected chi connectivity index (χ3v) is 6.19. The van der Waals surface area contributed by atoms with Gasteiger partial charge in [-0.2, -0.15) is 9.41 Å². The molecule has 1 aliphatic heterocycles. The van der Waals surface area contributed by atoms with Gasteiger partial charge in [-0.1, -0.05) is 29.8 Å².